The van der Waals surface area contributed by atoms with Gasteiger partial charge in [0.2, 0.25) is 0 Å². The topological polar surface area (TPSA) is 87.7 Å². The molecule has 4 aromatic rings. The molecule has 166 valence electrons. The number of benzene rings is 1. The van der Waals surface area contributed by atoms with Gasteiger partial charge < -0.3 is 0 Å². The average Bonchev–Trinajstić information content (AvgIpc) is 3.57. The lowest BCUT2D eigenvalue weighted by atomic mass is 10.1. The fourth-order valence-corrected chi connectivity index (χ4v) is 5.90. The number of aromatic amines is 1. The van der Waals surface area contributed by atoms with Gasteiger partial charge in [-0.15, -0.1) is 21.5 Å². The Hall–Kier alpha value is -2.95. The van der Waals surface area contributed by atoms with Gasteiger partial charge in [-0.25, -0.2) is 0 Å². The molecule has 10 heteroatoms. The van der Waals surface area contributed by atoms with Crippen LogP contribution in [0.3, 0.4) is 0 Å². The number of thioether (sulfide) groups is 1. The molecule has 33 heavy (non-hydrogen) atoms. The van der Waals surface area contributed by atoms with Crippen LogP contribution in [0.5, 0.6) is 0 Å². The molecule has 0 spiro atoms. The molecular formula is C23H20N6OS3. The Morgan fingerprint density at radius 3 is 2.94 bits per heavy atom. The van der Waals surface area contributed by atoms with Gasteiger partial charge >= 0.3 is 0 Å². The Bertz CT molecular complexity index is 1330. The zero-order valence-electron chi connectivity index (χ0n) is 17.6. The second kappa shape index (κ2) is 9.90. The predicted molar refractivity (Wildman–Crippen MR) is 137 cm³/mol. The lowest BCUT2D eigenvalue weighted by Gasteiger charge is -2.13. The molecule has 0 radical (unpaired) electrons. The van der Waals surface area contributed by atoms with E-state index in [0.717, 1.165) is 58.4 Å². The van der Waals surface area contributed by atoms with Crippen LogP contribution in [0.15, 0.2) is 52.9 Å². The van der Waals surface area contributed by atoms with E-state index < -0.39 is 0 Å². The van der Waals surface area contributed by atoms with E-state index in [4.69, 9.17) is 12.2 Å². The number of hydrogen-bond acceptors (Lipinski definition) is 8. The maximum absolute atomic E-state index is 12.9. The Kier molecular flexibility index (Phi) is 6.56. The molecule has 5 rings (SSSR count). The van der Waals surface area contributed by atoms with Crippen LogP contribution in [0.4, 0.5) is 0 Å². The number of fused-ring (bicyclic) bond motifs is 1. The standard InChI is InChI=1S/C23H20N6OS3/c30-22-20(33-23(31)29(22)10-3-1-2-6-21-25-27-28-26-21)13-18-12-17(14-32-18)15-7-8-19-16(11-15)5-4-9-24-19/h4-5,7-9,11-14H,1-3,6,10H2,(H,25,26,27,28). The van der Waals surface area contributed by atoms with Crippen molar-refractivity contribution < 1.29 is 4.79 Å². The normalized spacial score (nSPS) is 15.3. The van der Waals surface area contributed by atoms with E-state index >= 15 is 0 Å². The summed E-state index contributed by atoms with van der Waals surface area (Å²) in [4.78, 5) is 20.7. The first-order valence-electron chi connectivity index (χ1n) is 10.6. The van der Waals surface area contributed by atoms with E-state index in [1.165, 1.54) is 11.8 Å². The first-order valence-corrected chi connectivity index (χ1v) is 12.7. The van der Waals surface area contributed by atoms with Gasteiger partial charge in [0.1, 0.15) is 4.32 Å². The molecule has 3 aromatic heterocycles. The first kappa shape index (κ1) is 21.9. The number of H-pyrrole nitrogens is 1. The molecule has 0 atom stereocenters. The zero-order chi connectivity index (χ0) is 22.6. The van der Waals surface area contributed by atoms with E-state index in [2.05, 4.69) is 55.3 Å². The maximum atomic E-state index is 12.9. The number of amides is 1. The number of carbonyl (C=O) groups is 1. The SMILES string of the molecule is O=C1C(=Cc2cc(-c3ccc4ncccc4c3)cs2)SC(=S)N1CCCCCc1nn[nH]n1. The lowest BCUT2D eigenvalue weighted by Crippen LogP contribution is -2.29. The number of aromatic nitrogens is 5. The third kappa shape index (κ3) is 5.02. The van der Waals surface area contributed by atoms with Crippen molar-refractivity contribution in [1.82, 2.24) is 30.5 Å². The lowest BCUT2D eigenvalue weighted by molar-refractivity contribution is -0.122. The van der Waals surface area contributed by atoms with Crippen molar-refractivity contribution in [2.75, 3.05) is 6.54 Å². The monoisotopic (exact) mass is 492 g/mol. The number of hydrogen-bond donors (Lipinski definition) is 1. The molecule has 1 saturated heterocycles. The Morgan fingerprint density at radius 1 is 1.12 bits per heavy atom. The fraction of sp³-hybridized carbons (Fsp3) is 0.217. The molecule has 1 aliphatic heterocycles. The van der Waals surface area contributed by atoms with Crippen molar-refractivity contribution >= 4 is 62.5 Å². The number of unbranched alkanes of at least 4 members (excludes halogenated alkanes) is 2. The van der Waals surface area contributed by atoms with E-state index in [9.17, 15) is 4.79 Å². The molecule has 0 aliphatic carbocycles. The highest BCUT2D eigenvalue weighted by molar-refractivity contribution is 8.26. The molecule has 0 unspecified atom stereocenters. The van der Waals surface area contributed by atoms with Crippen LogP contribution in [0.2, 0.25) is 0 Å². The summed E-state index contributed by atoms with van der Waals surface area (Å²) >= 11 is 8.48. The van der Waals surface area contributed by atoms with Gasteiger partial charge in [-0.05, 0) is 59.7 Å². The highest BCUT2D eigenvalue weighted by Crippen LogP contribution is 2.35. The molecule has 0 bridgehead atoms. The smallest absolute Gasteiger partial charge is 0.266 e. The fourth-order valence-electron chi connectivity index (χ4n) is 3.68. The summed E-state index contributed by atoms with van der Waals surface area (Å²) in [5, 5.41) is 17.2. The van der Waals surface area contributed by atoms with Crippen LogP contribution in [-0.4, -0.2) is 47.3 Å². The summed E-state index contributed by atoms with van der Waals surface area (Å²) in [6.45, 7) is 0.634. The van der Waals surface area contributed by atoms with Crippen molar-refractivity contribution in [2.24, 2.45) is 0 Å². The summed E-state index contributed by atoms with van der Waals surface area (Å²) in [6.07, 6.45) is 7.34. The maximum Gasteiger partial charge on any atom is 0.266 e. The number of aryl methyl sites for hydroxylation is 1. The van der Waals surface area contributed by atoms with Crippen LogP contribution in [0.1, 0.15) is 30.0 Å². The molecule has 4 heterocycles. The van der Waals surface area contributed by atoms with E-state index in [1.54, 1.807) is 22.4 Å². The van der Waals surface area contributed by atoms with Crippen LogP contribution in [0, 0.1) is 0 Å². The molecule has 1 fully saturated rings. The van der Waals surface area contributed by atoms with Gasteiger partial charge in [-0.2, -0.15) is 5.21 Å². The Balaban J connectivity index is 1.21. The number of pyridine rings is 1. The number of nitrogens with one attached hydrogen (secondary N) is 1. The number of nitrogens with zero attached hydrogens (tertiary/aromatic N) is 5. The summed E-state index contributed by atoms with van der Waals surface area (Å²) in [6, 6.07) is 12.4. The Morgan fingerprint density at radius 2 is 2.06 bits per heavy atom. The van der Waals surface area contributed by atoms with E-state index in [0.29, 0.717) is 15.8 Å². The zero-order valence-corrected chi connectivity index (χ0v) is 20.1. The molecular weight excluding hydrogens is 472 g/mol. The summed E-state index contributed by atoms with van der Waals surface area (Å²) < 4.78 is 0.628. The number of tetrazole rings is 1. The second-order valence-corrected chi connectivity index (χ2v) is 10.2. The summed E-state index contributed by atoms with van der Waals surface area (Å²) in [5.41, 5.74) is 3.25. The minimum atomic E-state index is -0.00472. The minimum Gasteiger partial charge on any atom is -0.293 e. The third-order valence-electron chi connectivity index (χ3n) is 5.37. The van der Waals surface area contributed by atoms with E-state index in [1.807, 2.05) is 18.2 Å². The molecule has 7 nitrogen and oxygen atoms in total. The van der Waals surface area contributed by atoms with Crippen molar-refractivity contribution in [2.45, 2.75) is 25.7 Å². The van der Waals surface area contributed by atoms with E-state index in [-0.39, 0.29) is 5.91 Å². The Labute approximate surface area is 204 Å². The second-order valence-electron chi connectivity index (χ2n) is 7.62. The van der Waals surface area contributed by atoms with Gasteiger partial charge in [0.25, 0.3) is 5.91 Å². The predicted octanol–water partition coefficient (Wildman–Crippen LogP) is 5.09. The number of thiocarbonyl (C=S) groups is 1. The molecule has 1 aromatic carbocycles. The van der Waals surface area contributed by atoms with Crippen LogP contribution in [-0.2, 0) is 11.2 Å². The van der Waals surface area contributed by atoms with Gasteiger partial charge in [0.15, 0.2) is 5.82 Å². The van der Waals surface area contributed by atoms with Crippen molar-refractivity contribution in [3.05, 3.63) is 63.6 Å². The number of carbonyl (C=O) groups excluding carboxylic acids is 1. The highest BCUT2D eigenvalue weighted by atomic mass is 32.2. The van der Waals surface area contributed by atoms with Crippen LogP contribution in [0.25, 0.3) is 28.1 Å². The number of rotatable bonds is 8. The van der Waals surface area contributed by atoms with Crippen LogP contribution < -0.4 is 0 Å². The average molecular weight is 493 g/mol. The number of thiophene rings is 1. The highest BCUT2D eigenvalue weighted by Gasteiger charge is 2.31. The summed E-state index contributed by atoms with van der Waals surface area (Å²) in [5.74, 6) is 0.717. The largest absolute Gasteiger partial charge is 0.293 e. The van der Waals surface area contributed by atoms with Gasteiger partial charge in [0.05, 0.1) is 10.4 Å². The van der Waals surface area contributed by atoms with Gasteiger partial charge in [-0.1, -0.05) is 47.7 Å². The molecule has 1 amide bonds. The molecule has 1 N–H and O–H groups in total. The third-order valence-corrected chi connectivity index (χ3v) is 7.63. The first-order chi connectivity index (χ1) is 16.2. The quantitative estimate of drug-likeness (QED) is 0.208. The molecule has 1 aliphatic rings. The van der Waals surface area contributed by atoms with Gasteiger partial charge in [-0.3, -0.25) is 14.7 Å². The molecule has 0 saturated carbocycles. The van der Waals surface area contributed by atoms with Crippen molar-refractivity contribution in [3.8, 4) is 11.1 Å². The van der Waals surface area contributed by atoms with Crippen molar-refractivity contribution in [1.29, 1.82) is 0 Å². The summed E-state index contributed by atoms with van der Waals surface area (Å²) in [7, 11) is 0. The van der Waals surface area contributed by atoms with Gasteiger partial charge in [0, 0.05) is 29.4 Å². The minimum absolute atomic E-state index is 0.00472. The van der Waals surface area contributed by atoms with Crippen LogP contribution >= 0.6 is 35.3 Å². The van der Waals surface area contributed by atoms with Crippen molar-refractivity contribution in [3.63, 3.8) is 0 Å².